The molecular weight excluding hydrogens is 366 g/mol. The predicted molar refractivity (Wildman–Crippen MR) is 117 cm³/mol. The lowest BCUT2D eigenvalue weighted by atomic mass is 9.84. The fourth-order valence-corrected chi connectivity index (χ4v) is 4.24. The Kier molecular flexibility index (Phi) is 6.30. The summed E-state index contributed by atoms with van der Waals surface area (Å²) in [5, 5.41) is 3.25. The van der Waals surface area contributed by atoms with Crippen LogP contribution in [0.15, 0.2) is 76.5 Å². The molecule has 2 atom stereocenters. The third kappa shape index (κ3) is 4.17. The summed E-state index contributed by atoms with van der Waals surface area (Å²) in [7, 11) is 1.42. The van der Waals surface area contributed by atoms with Crippen LogP contribution in [-0.2, 0) is 16.0 Å². The Bertz CT molecular complexity index is 931. The molecule has 0 aliphatic carbocycles. The normalized spacial score (nSPS) is 17.6. The van der Waals surface area contributed by atoms with Crippen molar-refractivity contribution in [2.45, 2.75) is 43.9 Å². The van der Waals surface area contributed by atoms with E-state index in [2.05, 4.69) is 60.8 Å². The van der Waals surface area contributed by atoms with Crippen LogP contribution in [0.3, 0.4) is 0 Å². The summed E-state index contributed by atoms with van der Waals surface area (Å²) in [6.45, 7) is 6.15. The highest BCUT2D eigenvalue weighted by molar-refractivity contribution is 7.80. The van der Waals surface area contributed by atoms with Crippen molar-refractivity contribution in [1.82, 2.24) is 5.32 Å². The molecule has 2 aromatic carbocycles. The zero-order valence-electron chi connectivity index (χ0n) is 16.8. The molecule has 0 spiro atoms. The molecule has 3 nitrogen and oxygen atoms in total. The molecule has 28 heavy (non-hydrogen) atoms. The Morgan fingerprint density at radius 2 is 1.86 bits per heavy atom. The number of methoxy groups -OCH3 is 1. The minimum atomic E-state index is -0.311. The van der Waals surface area contributed by atoms with Gasteiger partial charge in [-0.25, -0.2) is 4.79 Å². The second-order valence-corrected chi connectivity index (χ2v) is 7.80. The van der Waals surface area contributed by atoms with Crippen molar-refractivity contribution >= 4 is 18.6 Å². The summed E-state index contributed by atoms with van der Waals surface area (Å²) in [6.07, 6.45) is 2.96. The van der Waals surface area contributed by atoms with Gasteiger partial charge in [0.15, 0.2) is 0 Å². The number of esters is 1. The average Bonchev–Trinajstić information content (AvgIpc) is 2.69. The number of nitrogens with one attached hydrogen (secondary N) is 1. The SMILES string of the molecule is COC(=O)C1=C(C)NC(C)=CC1c1cccc(CC(C)c2ccccc2)c1S. The number of hydrogen-bond acceptors (Lipinski definition) is 4. The van der Waals surface area contributed by atoms with Crippen LogP contribution >= 0.6 is 12.6 Å². The van der Waals surface area contributed by atoms with Crippen LogP contribution in [-0.4, -0.2) is 13.1 Å². The van der Waals surface area contributed by atoms with Crippen molar-refractivity contribution in [3.05, 3.63) is 88.3 Å². The van der Waals surface area contributed by atoms with E-state index < -0.39 is 0 Å². The molecule has 0 saturated carbocycles. The minimum absolute atomic E-state index is 0.173. The molecule has 0 bridgehead atoms. The van der Waals surface area contributed by atoms with Crippen molar-refractivity contribution in [2.75, 3.05) is 7.11 Å². The van der Waals surface area contributed by atoms with E-state index in [1.807, 2.05) is 19.9 Å². The second kappa shape index (κ2) is 8.70. The highest BCUT2D eigenvalue weighted by atomic mass is 32.1. The van der Waals surface area contributed by atoms with Crippen LogP contribution < -0.4 is 5.32 Å². The van der Waals surface area contributed by atoms with Gasteiger partial charge in [-0.2, -0.15) is 0 Å². The molecule has 4 heteroatoms. The Morgan fingerprint density at radius 1 is 1.14 bits per heavy atom. The first kappa shape index (κ1) is 20.3. The molecule has 1 aliphatic rings. The van der Waals surface area contributed by atoms with Gasteiger partial charge >= 0.3 is 5.97 Å². The topological polar surface area (TPSA) is 38.3 Å². The molecule has 1 N–H and O–H groups in total. The molecule has 0 aromatic heterocycles. The fraction of sp³-hybridized carbons (Fsp3) is 0.292. The average molecular weight is 394 g/mol. The van der Waals surface area contributed by atoms with E-state index in [9.17, 15) is 4.79 Å². The van der Waals surface area contributed by atoms with Crippen LogP contribution in [0.25, 0.3) is 0 Å². The standard InChI is InChI=1S/C24H27NO2S/c1-15(18-9-6-5-7-10-18)13-19-11-8-12-20(23(19)28)21-14-16(2)25-17(3)22(21)24(26)27-4/h5-12,14-15,21,25,28H,13H2,1-4H3. The molecule has 0 amide bonds. The fourth-order valence-electron chi connectivity index (χ4n) is 3.86. The summed E-state index contributed by atoms with van der Waals surface area (Å²) in [5.74, 6) is -0.104. The van der Waals surface area contributed by atoms with Crippen LogP contribution in [0, 0.1) is 0 Å². The van der Waals surface area contributed by atoms with Crippen LogP contribution in [0.5, 0.6) is 0 Å². The number of benzene rings is 2. The summed E-state index contributed by atoms with van der Waals surface area (Å²) in [4.78, 5) is 13.4. The van der Waals surface area contributed by atoms with E-state index in [1.54, 1.807) is 0 Å². The first-order chi connectivity index (χ1) is 13.4. The zero-order valence-corrected chi connectivity index (χ0v) is 17.7. The molecule has 1 aliphatic heterocycles. The molecule has 3 rings (SSSR count). The van der Waals surface area contributed by atoms with Gasteiger partial charge in [-0.15, -0.1) is 12.6 Å². The lowest BCUT2D eigenvalue weighted by molar-refractivity contribution is -0.136. The lowest BCUT2D eigenvalue weighted by Crippen LogP contribution is -2.25. The van der Waals surface area contributed by atoms with Crippen molar-refractivity contribution in [3.8, 4) is 0 Å². The maximum atomic E-state index is 12.5. The maximum Gasteiger partial charge on any atom is 0.336 e. The number of carbonyl (C=O) groups is 1. The van der Waals surface area contributed by atoms with Gasteiger partial charge in [-0.05, 0) is 42.9 Å². The van der Waals surface area contributed by atoms with E-state index in [0.717, 1.165) is 28.3 Å². The Balaban J connectivity index is 1.98. The highest BCUT2D eigenvalue weighted by Gasteiger charge is 2.29. The number of allylic oxidation sites excluding steroid dienone is 3. The molecule has 0 radical (unpaired) electrons. The predicted octanol–water partition coefficient (Wildman–Crippen LogP) is 5.36. The van der Waals surface area contributed by atoms with Gasteiger partial charge in [0.1, 0.15) is 0 Å². The first-order valence-corrected chi connectivity index (χ1v) is 9.97. The number of hydrogen-bond donors (Lipinski definition) is 2. The van der Waals surface area contributed by atoms with E-state index >= 15 is 0 Å². The lowest BCUT2D eigenvalue weighted by Gasteiger charge is -2.27. The van der Waals surface area contributed by atoms with Crippen LogP contribution in [0.2, 0.25) is 0 Å². The molecule has 2 aromatic rings. The largest absolute Gasteiger partial charge is 0.466 e. The number of dihydropyridines is 1. The molecule has 2 unspecified atom stereocenters. The third-order valence-electron chi connectivity index (χ3n) is 5.30. The number of carbonyl (C=O) groups excluding carboxylic acids is 1. The van der Waals surface area contributed by atoms with Gasteiger partial charge in [0.2, 0.25) is 0 Å². The molecule has 0 saturated heterocycles. The number of ether oxygens (including phenoxy) is 1. The Labute approximate surface area is 172 Å². The maximum absolute atomic E-state index is 12.5. The molecular formula is C24H27NO2S. The van der Waals surface area contributed by atoms with Crippen molar-refractivity contribution < 1.29 is 9.53 Å². The summed E-state index contributed by atoms with van der Waals surface area (Å²) >= 11 is 4.88. The monoisotopic (exact) mass is 393 g/mol. The van der Waals surface area contributed by atoms with E-state index in [0.29, 0.717) is 11.5 Å². The molecule has 146 valence electrons. The van der Waals surface area contributed by atoms with Gasteiger partial charge in [0, 0.05) is 22.2 Å². The van der Waals surface area contributed by atoms with Crippen LogP contribution in [0.4, 0.5) is 0 Å². The van der Waals surface area contributed by atoms with Crippen molar-refractivity contribution in [3.63, 3.8) is 0 Å². The quantitative estimate of drug-likeness (QED) is 0.531. The first-order valence-electron chi connectivity index (χ1n) is 9.52. The zero-order chi connectivity index (χ0) is 20.3. The van der Waals surface area contributed by atoms with Gasteiger partial charge in [0.05, 0.1) is 12.7 Å². The summed E-state index contributed by atoms with van der Waals surface area (Å²) in [5.41, 5.74) is 6.00. The van der Waals surface area contributed by atoms with Gasteiger partial charge in [-0.1, -0.05) is 61.5 Å². The van der Waals surface area contributed by atoms with E-state index in [1.165, 1.54) is 18.2 Å². The Hall–Kier alpha value is -2.46. The molecule has 0 fully saturated rings. The minimum Gasteiger partial charge on any atom is -0.466 e. The van der Waals surface area contributed by atoms with E-state index in [-0.39, 0.29) is 11.9 Å². The summed E-state index contributed by atoms with van der Waals surface area (Å²) in [6, 6.07) is 16.7. The van der Waals surface area contributed by atoms with Crippen molar-refractivity contribution in [1.29, 1.82) is 0 Å². The third-order valence-corrected chi connectivity index (χ3v) is 5.85. The molecule has 1 heterocycles. The second-order valence-electron chi connectivity index (χ2n) is 7.35. The van der Waals surface area contributed by atoms with Gasteiger partial charge in [0.25, 0.3) is 0 Å². The van der Waals surface area contributed by atoms with Crippen LogP contribution in [0.1, 0.15) is 49.3 Å². The number of thiol groups is 1. The Morgan fingerprint density at radius 3 is 2.54 bits per heavy atom. The van der Waals surface area contributed by atoms with Gasteiger partial charge in [-0.3, -0.25) is 0 Å². The van der Waals surface area contributed by atoms with E-state index in [4.69, 9.17) is 17.4 Å². The van der Waals surface area contributed by atoms with Crippen molar-refractivity contribution in [2.24, 2.45) is 0 Å². The number of rotatable bonds is 5. The highest BCUT2D eigenvalue weighted by Crippen LogP contribution is 2.38. The smallest absolute Gasteiger partial charge is 0.336 e. The van der Waals surface area contributed by atoms with Gasteiger partial charge < -0.3 is 10.1 Å². The summed E-state index contributed by atoms with van der Waals surface area (Å²) < 4.78 is 5.05.